The van der Waals surface area contributed by atoms with E-state index in [1.54, 1.807) is 4.90 Å². The first-order valence-electron chi connectivity index (χ1n) is 8.45. The summed E-state index contributed by atoms with van der Waals surface area (Å²) in [5.41, 5.74) is 6.49. The highest BCUT2D eigenvalue weighted by Gasteiger charge is 2.23. The van der Waals surface area contributed by atoms with Crippen LogP contribution in [0.15, 0.2) is 18.2 Å². The van der Waals surface area contributed by atoms with Crippen molar-refractivity contribution in [3.63, 3.8) is 0 Å². The van der Waals surface area contributed by atoms with E-state index in [0.717, 1.165) is 30.3 Å². The van der Waals surface area contributed by atoms with E-state index in [0.29, 0.717) is 26.3 Å². The summed E-state index contributed by atoms with van der Waals surface area (Å²) in [4.78, 5) is 26.9. The van der Waals surface area contributed by atoms with Gasteiger partial charge < -0.3 is 30.1 Å². The zero-order valence-corrected chi connectivity index (χ0v) is 14.0. The molecule has 2 heterocycles. The average Bonchev–Trinajstić information content (AvgIpc) is 2.65. The summed E-state index contributed by atoms with van der Waals surface area (Å²) in [5, 5.41) is 8.77. The van der Waals surface area contributed by atoms with E-state index in [1.165, 1.54) is 0 Å². The fraction of sp³-hybridized carbons (Fsp3) is 0.529. The van der Waals surface area contributed by atoms with E-state index in [1.807, 2.05) is 18.2 Å². The van der Waals surface area contributed by atoms with Crippen molar-refractivity contribution in [1.82, 2.24) is 4.90 Å². The first-order valence-corrected chi connectivity index (χ1v) is 8.45. The molecule has 25 heavy (non-hydrogen) atoms. The molecule has 2 aliphatic rings. The predicted octanol–water partition coefficient (Wildman–Crippen LogP) is 0.299. The van der Waals surface area contributed by atoms with Crippen LogP contribution in [0.1, 0.15) is 12.8 Å². The zero-order chi connectivity index (χ0) is 17.8. The van der Waals surface area contributed by atoms with E-state index in [9.17, 15) is 9.59 Å². The number of nitrogens with two attached hydrogens (primary N) is 1. The van der Waals surface area contributed by atoms with Gasteiger partial charge in [0.2, 0.25) is 5.91 Å². The van der Waals surface area contributed by atoms with Gasteiger partial charge in [-0.1, -0.05) is 0 Å². The van der Waals surface area contributed by atoms with E-state index in [2.05, 4.69) is 4.90 Å². The van der Waals surface area contributed by atoms with Crippen LogP contribution in [0.4, 0.5) is 5.69 Å². The lowest BCUT2D eigenvalue weighted by atomic mass is 10.1. The maximum atomic E-state index is 12.2. The van der Waals surface area contributed by atoms with Gasteiger partial charge in [0.1, 0.15) is 19.3 Å². The number of carbonyl (C=O) groups is 2. The van der Waals surface area contributed by atoms with Crippen molar-refractivity contribution in [1.29, 1.82) is 0 Å². The number of hydrogen-bond acceptors (Lipinski definition) is 6. The third kappa shape index (κ3) is 4.14. The van der Waals surface area contributed by atoms with Crippen molar-refractivity contribution in [2.24, 2.45) is 5.73 Å². The van der Waals surface area contributed by atoms with Crippen LogP contribution in [-0.2, 0) is 9.59 Å². The van der Waals surface area contributed by atoms with E-state index < -0.39 is 12.0 Å². The number of anilines is 1. The van der Waals surface area contributed by atoms with Gasteiger partial charge in [0, 0.05) is 44.4 Å². The molecule has 1 aromatic rings. The molecule has 1 atom stereocenters. The lowest BCUT2D eigenvalue weighted by molar-refractivity contribution is -0.139. The molecule has 0 saturated carbocycles. The lowest BCUT2D eigenvalue weighted by Gasteiger charge is -2.36. The molecule has 3 N–H and O–H groups in total. The fourth-order valence-electron chi connectivity index (χ4n) is 3.00. The molecule has 1 aromatic carbocycles. The number of hydrogen-bond donors (Lipinski definition) is 2. The highest BCUT2D eigenvalue weighted by atomic mass is 16.6. The second-order valence-corrected chi connectivity index (χ2v) is 6.18. The molecular formula is C17H23N3O5. The molecule has 3 rings (SSSR count). The Labute approximate surface area is 146 Å². The number of amides is 1. The normalized spacial score (nSPS) is 18.0. The van der Waals surface area contributed by atoms with E-state index in [4.69, 9.17) is 20.3 Å². The summed E-state index contributed by atoms with van der Waals surface area (Å²) in [6.07, 6.45) is 0.327. The molecule has 136 valence electrons. The summed E-state index contributed by atoms with van der Waals surface area (Å²) in [6, 6.07) is 4.89. The van der Waals surface area contributed by atoms with Crippen LogP contribution in [-0.4, -0.2) is 67.3 Å². The minimum absolute atomic E-state index is 0.0430. The Morgan fingerprint density at radius 2 is 1.80 bits per heavy atom. The van der Waals surface area contributed by atoms with Crippen molar-refractivity contribution >= 4 is 17.6 Å². The topological polar surface area (TPSA) is 105 Å². The highest BCUT2D eigenvalue weighted by Crippen LogP contribution is 2.34. The quantitative estimate of drug-likeness (QED) is 0.787. The number of carboxylic acids is 1. The Balaban J connectivity index is 1.51. The SMILES string of the molecule is N[C@@H](CCC(=O)N1CCN(c2ccc3c(c2)OCCO3)CC1)C(=O)O. The molecule has 0 aromatic heterocycles. The van der Waals surface area contributed by atoms with Crippen molar-refractivity contribution in [3.05, 3.63) is 18.2 Å². The maximum Gasteiger partial charge on any atom is 0.320 e. The largest absolute Gasteiger partial charge is 0.486 e. The Morgan fingerprint density at radius 3 is 2.48 bits per heavy atom. The van der Waals surface area contributed by atoms with Crippen LogP contribution in [0.3, 0.4) is 0 Å². The monoisotopic (exact) mass is 349 g/mol. The number of rotatable bonds is 5. The lowest BCUT2D eigenvalue weighted by Crippen LogP contribution is -2.49. The van der Waals surface area contributed by atoms with Gasteiger partial charge in [-0.25, -0.2) is 0 Å². The number of carboxylic acid groups (broad SMARTS) is 1. The molecule has 1 amide bonds. The third-order valence-corrected chi connectivity index (χ3v) is 4.51. The highest BCUT2D eigenvalue weighted by molar-refractivity contribution is 5.78. The fourth-order valence-corrected chi connectivity index (χ4v) is 3.00. The summed E-state index contributed by atoms with van der Waals surface area (Å²) >= 11 is 0. The summed E-state index contributed by atoms with van der Waals surface area (Å²) in [7, 11) is 0. The second-order valence-electron chi connectivity index (χ2n) is 6.18. The molecule has 0 unspecified atom stereocenters. The van der Waals surface area contributed by atoms with Crippen molar-refractivity contribution in [2.75, 3.05) is 44.3 Å². The van der Waals surface area contributed by atoms with Gasteiger partial charge in [-0.15, -0.1) is 0 Å². The predicted molar refractivity (Wildman–Crippen MR) is 91.1 cm³/mol. The van der Waals surface area contributed by atoms with Crippen LogP contribution >= 0.6 is 0 Å². The minimum Gasteiger partial charge on any atom is -0.486 e. The van der Waals surface area contributed by atoms with Crippen LogP contribution in [0.2, 0.25) is 0 Å². The van der Waals surface area contributed by atoms with Gasteiger partial charge in [-0.2, -0.15) is 0 Å². The van der Waals surface area contributed by atoms with E-state index >= 15 is 0 Å². The summed E-state index contributed by atoms with van der Waals surface area (Å²) in [6.45, 7) is 3.77. The minimum atomic E-state index is -1.07. The summed E-state index contributed by atoms with van der Waals surface area (Å²) < 4.78 is 11.1. The molecule has 2 aliphatic heterocycles. The van der Waals surface area contributed by atoms with Gasteiger partial charge in [-0.05, 0) is 18.6 Å². The standard InChI is InChI=1S/C17H23N3O5/c18-13(17(22)23)2-4-16(21)20-7-5-19(6-8-20)12-1-3-14-15(11-12)25-10-9-24-14/h1,3,11,13H,2,4-10,18H2,(H,22,23)/t13-/m0/s1. The first-order chi connectivity index (χ1) is 12.0. The molecule has 0 aliphatic carbocycles. The first kappa shape index (κ1) is 17.3. The van der Waals surface area contributed by atoms with Gasteiger partial charge in [-0.3, -0.25) is 9.59 Å². The van der Waals surface area contributed by atoms with Gasteiger partial charge in [0.25, 0.3) is 0 Å². The number of carbonyl (C=O) groups excluding carboxylic acids is 1. The number of fused-ring (bicyclic) bond motifs is 1. The van der Waals surface area contributed by atoms with E-state index in [-0.39, 0.29) is 18.7 Å². The van der Waals surface area contributed by atoms with Gasteiger partial charge in [0.15, 0.2) is 11.5 Å². The number of piperazine rings is 1. The Kier molecular flexibility index (Phi) is 5.28. The number of aliphatic carboxylic acids is 1. The molecule has 8 heteroatoms. The Bertz CT molecular complexity index is 643. The molecule has 0 radical (unpaired) electrons. The third-order valence-electron chi connectivity index (χ3n) is 4.51. The molecular weight excluding hydrogens is 326 g/mol. The number of nitrogens with zero attached hydrogens (tertiary/aromatic N) is 2. The van der Waals surface area contributed by atoms with Crippen molar-refractivity contribution in [3.8, 4) is 11.5 Å². The van der Waals surface area contributed by atoms with Crippen LogP contribution in [0.5, 0.6) is 11.5 Å². The molecule has 1 saturated heterocycles. The zero-order valence-electron chi connectivity index (χ0n) is 14.0. The number of ether oxygens (including phenoxy) is 2. The molecule has 0 spiro atoms. The average molecular weight is 349 g/mol. The smallest absolute Gasteiger partial charge is 0.320 e. The Morgan fingerprint density at radius 1 is 1.12 bits per heavy atom. The second kappa shape index (κ2) is 7.60. The van der Waals surface area contributed by atoms with Crippen LogP contribution in [0, 0.1) is 0 Å². The maximum absolute atomic E-state index is 12.2. The van der Waals surface area contributed by atoms with Crippen LogP contribution < -0.4 is 20.1 Å². The Hall–Kier alpha value is -2.48. The van der Waals surface area contributed by atoms with Gasteiger partial charge >= 0.3 is 5.97 Å². The molecule has 0 bridgehead atoms. The van der Waals surface area contributed by atoms with Crippen molar-refractivity contribution < 1.29 is 24.2 Å². The van der Waals surface area contributed by atoms with Crippen LogP contribution in [0.25, 0.3) is 0 Å². The van der Waals surface area contributed by atoms with Crippen molar-refractivity contribution in [2.45, 2.75) is 18.9 Å². The molecule has 8 nitrogen and oxygen atoms in total. The molecule has 1 fully saturated rings. The van der Waals surface area contributed by atoms with Gasteiger partial charge in [0.05, 0.1) is 0 Å². The summed E-state index contributed by atoms with van der Waals surface area (Å²) in [5.74, 6) is 0.401. The number of benzene rings is 1.